The maximum absolute atomic E-state index is 15.0. The molecule has 3 aromatic rings. The van der Waals surface area contributed by atoms with Crippen LogP contribution in [0.2, 0.25) is 5.02 Å². The Hall–Kier alpha value is -3.95. The van der Waals surface area contributed by atoms with Crippen molar-refractivity contribution in [2.45, 2.75) is 32.9 Å². The molecule has 2 amide bonds. The van der Waals surface area contributed by atoms with Crippen molar-refractivity contribution in [3.05, 3.63) is 77.3 Å². The number of rotatable bonds is 6. The second-order valence-electron chi connectivity index (χ2n) is 10.5. The lowest BCUT2D eigenvalue weighted by atomic mass is 9.95. The minimum Gasteiger partial charge on any atom is -0.507 e. The highest BCUT2D eigenvalue weighted by Gasteiger charge is 2.43. The fourth-order valence-electron chi connectivity index (χ4n) is 5.42. The monoisotopic (exact) mass is 564 g/mol. The third-order valence-electron chi connectivity index (χ3n) is 7.44. The number of hydrogen-bond donors (Lipinski definition) is 2. The molecule has 0 bridgehead atoms. The number of aryl methyl sites for hydroxylation is 1. The summed E-state index contributed by atoms with van der Waals surface area (Å²) in [6.45, 7) is 10.5. The number of fused-ring (bicyclic) bond motifs is 1. The van der Waals surface area contributed by atoms with Crippen molar-refractivity contribution in [3.63, 3.8) is 0 Å². The van der Waals surface area contributed by atoms with E-state index in [4.69, 9.17) is 11.6 Å². The van der Waals surface area contributed by atoms with E-state index >= 15 is 0 Å². The van der Waals surface area contributed by atoms with Crippen LogP contribution in [0, 0.1) is 18.7 Å². The van der Waals surface area contributed by atoms with E-state index in [1.54, 1.807) is 34.2 Å². The number of halogens is 2. The number of aliphatic hydroxyl groups excluding tert-OH is 1. The predicted molar refractivity (Wildman–Crippen MR) is 152 cm³/mol. The first kappa shape index (κ1) is 27.6. The highest BCUT2D eigenvalue weighted by molar-refractivity contribution is 6.34. The quantitative estimate of drug-likeness (QED) is 0.403. The summed E-state index contributed by atoms with van der Waals surface area (Å²) >= 11 is 6.70. The lowest BCUT2D eigenvalue weighted by molar-refractivity contribution is -0.132. The van der Waals surface area contributed by atoms with E-state index in [0.29, 0.717) is 35.8 Å². The van der Waals surface area contributed by atoms with Crippen LogP contribution in [0.3, 0.4) is 0 Å². The van der Waals surface area contributed by atoms with Crippen molar-refractivity contribution in [1.29, 1.82) is 0 Å². The molecule has 10 heteroatoms. The molecule has 2 aliphatic rings. The fourth-order valence-corrected chi connectivity index (χ4v) is 5.67. The minimum absolute atomic E-state index is 0.00818. The van der Waals surface area contributed by atoms with Gasteiger partial charge in [-0.3, -0.25) is 19.5 Å². The molecule has 8 nitrogen and oxygen atoms in total. The van der Waals surface area contributed by atoms with E-state index in [0.717, 1.165) is 5.56 Å². The molecular weight excluding hydrogens is 535 g/mol. The van der Waals surface area contributed by atoms with E-state index in [2.05, 4.69) is 11.6 Å². The summed E-state index contributed by atoms with van der Waals surface area (Å²) < 4.78 is 15.0. The summed E-state index contributed by atoms with van der Waals surface area (Å²) in [4.78, 5) is 35.1. The number of carbonyl (C=O) groups excluding carboxylic acids is 2. The molecular formula is C30H30ClFN4O4. The minimum atomic E-state index is -1.54. The van der Waals surface area contributed by atoms with Crippen LogP contribution >= 0.6 is 11.6 Å². The van der Waals surface area contributed by atoms with Gasteiger partial charge in [0.05, 0.1) is 33.3 Å². The number of amides is 2. The molecule has 0 radical (unpaired) electrons. The summed E-state index contributed by atoms with van der Waals surface area (Å²) in [5.74, 6) is -1.81. The van der Waals surface area contributed by atoms with Gasteiger partial charge in [0.1, 0.15) is 11.6 Å². The highest BCUT2D eigenvalue weighted by atomic mass is 35.5. The molecule has 1 fully saturated rings. The topological polar surface area (TPSA) is 97.2 Å². The number of likely N-dealkylation sites (tertiary alicyclic amines) is 1. The molecule has 40 heavy (non-hydrogen) atoms. The molecule has 2 aliphatic heterocycles. The van der Waals surface area contributed by atoms with Gasteiger partial charge >= 0.3 is 0 Å². The number of aromatic hydroxyl groups is 1. The lowest BCUT2D eigenvalue weighted by Crippen LogP contribution is -2.58. The van der Waals surface area contributed by atoms with Crippen LogP contribution in [0.5, 0.6) is 5.75 Å². The zero-order chi connectivity index (χ0) is 28.9. The molecule has 5 rings (SSSR count). The van der Waals surface area contributed by atoms with Gasteiger partial charge in [0.25, 0.3) is 5.91 Å². The van der Waals surface area contributed by atoms with Crippen molar-refractivity contribution >= 4 is 40.5 Å². The average Bonchev–Trinajstić information content (AvgIpc) is 2.88. The van der Waals surface area contributed by atoms with E-state index in [9.17, 15) is 24.2 Å². The zero-order valence-electron chi connectivity index (χ0n) is 22.4. The molecule has 0 saturated carbocycles. The molecule has 1 aromatic heterocycles. The number of nitrogens with zero attached hydrogens (tertiary/aromatic N) is 4. The molecule has 2 aromatic carbocycles. The number of pyridine rings is 1. The first-order valence-electron chi connectivity index (χ1n) is 13.0. The average molecular weight is 565 g/mol. The third-order valence-corrected chi connectivity index (χ3v) is 7.75. The van der Waals surface area contributed by atoms with Crippen LogP contribution in [0.15, 0.2) is 55.3 Å². The number of aromatic nitrogens is 1. The Balaban J connectivity index is 1.69. The molecule has 1 atom stereocenters. The van der Waals surface area contributed by atoms with Gasteiger partial charge in [-0.2, -0.15) is 0 Å². The molecule has 2 N–H and O–H groups in total. The predicted octanol–water partition coefficient (Wildman–Crippen LogP) is 5.13. The van der Waals surface area contributed by atoms with Gasteiger partial charge in [-0.25, -0.2) is 4.39 Å². The molecule has 1 saturated heterocycles. The summed E-state index contributed by atoms with van der Waals surface area (Å²) in [6, 6.07) is 8.90. The number of hydrogen-bond acceptors (Lipinski definition) is 6. The van der Waals surface area contributed by atoms with Crippen molar-refractivity contribution in [1.82, 2.24) is 9.88 Å². The Morgan fingerprint density at radius 3 is 2.62 bits per heavy atom. The van der Waals surface area contributed by atoms with Crippen molar-refractivity contribution < 1.29 is 24.2 Å². The van der Waals surface area contributed by atoms with Crippen LogP contribution in [0.1, 0.15) is 31.0 Å². The van der Waals surface area contributed by atoms with E-state index in [-0.39, 0.29) is 46.2 Å². The standard InChI is InChI=1S/C30H30ClFN4O4/c1-5-25(38)34-13-18(14-34)15-35-22-12-20(31)19(26-21(32)7-6-8-24(26)37)11-23(22)36(30(40)29(35)39)28-17(4)9-10-33-27(28)16(2)3/h5-12,16,18,29,37,39H,1,13-15H2,2-4H3. The third kappa shape index (κ3) is 4.59. The van der Waals surface area contributed by atoms with Crippen molar-refractivity contribution in [3.8, 4) is 16.9 Å². The van der Waals surface area contributed by atoms with E-state index < -0.39 is 18.0 Å². The van der Waals surface area contributed by atoms with Crippen LogP contribution < -0.4 is 9.80 Å². The Labute approximate surface area is 236 Å². The van der Waals surface area contributed by atoms with Crippen molar-refractivity contribution in [2.24, 2.45) is 5.92 Å². The molecule has 0 aliphatic carbocycles. The molecule has 208 valence electrons. The van der Waals surface area contributed by atoms with Gasteiger partial charge in [0.2, 0.25) is 12.1 Å². The Morgan fingerprint density at radius 1 is 1.25 bits per heavy atom. The zero-order valence-corrected chi connectivity index (χ0v) is 23.2. The Morgan fingerprint density at radius 2 is 1.98 bits per heavy atom. The smallest absolute Gasteiger partial charge is 0.281 e. The Kier molecular flexibility index (Phi) is 7.29. The molecule has 0 spiro atoms. The number of aliphatic hydroxyl groups is 1. The van der Waals surface area contributed by atoms with Gasteiger partial charge < -0.3 is 20.0 Å². The lowest BCUT2D eigenvalue weighted by Gasteiger charge is -2.46. The maximum Gasteiger partial charge on any atom is 0.281 e. The number of phenols is 1. The van der Waals surface area contributed by atoms with Gasteiger partial charge in [0, 0.05) is 37.3 Å². The van der Waals surface area contributed by atoms with Crippen LogP contribution in [0.4, 0.5) is 21.5 Å². The number of anilines is 3. The van der Waals surface area contributed by atoms with Gasteiger partial charge in [-0.15, -0.1) is 0 Å². The summed E-state index contributed by atoms with van der Waals surface area (Å²) in [5.41, 5.74) is 2.88. The van der Waals surface area contributed by atoms with E-state index in [1.165, 1.54) is 29.2 Å². The SMILES string of the molecule is C=CC(=O)N1CC(CN2c3cc(Cl)c(-c4c(O)cccc4F)cc3N(c3c(C)ccnc3C(C)C)C(=O)C2O)C1. The number of carbonyl (C=O) groups is 2. The van der Waals surface area contributed by atoms with Gasteiger partial charge in [-0.05, 0) is 54.8 Å². The van der Waals surface area contributed by atoms with Gasteiger partial charge in [0.15, 0.2) is 0 Å². The summed E-state index contributed by atoms with van der Waals surface area (Å²) in [7, 11) is 0. The first-order valence-corrected chi connectivity index (χ1v) is 13.4. The normalized spacial score (nSPS) is 17.2. The summed E-state index contributed by atoms with van der Waals surface area (Å²) in [5, 5.41) is 22.0. The first-order chi connectivity index (χ1) is 19.0. The molecule has 1 unspecified atom stereocenters. The Bertz CT molecular complexity index is 1500. The number of benzene rings is 2. The van der Waals surface area contributed by atoms with Crippen molar-refractivity contribution in [2.75, 3.05) is 29.4 Å². The highest BCUT2D eigenvalue weighted by Crippen LogP contribution is 2.49. The van der Waals surface area contributed by atoms with Crippen LogP contribution in [0.25, 0.3) is 11.1 Å². The second-order valence-corrected chi connectivity index (χ2v) is 10.9. The van der Waals surface area contributed by atoms with E-state index in [1.807, 2.05) is 20.8 Å². The van der Waals surface area contributed by atoms with Crippen LogP contribution in [-0.2, 0) is 9.59 Å². The molecule has 3 heterocycles. The number of phenolic OH excluding ortho intramolecular Hbond substituents is 1. The largest absolute Gasteiger partial charge is 0.507 e. The fraction of sp³-hybridized carbons (Fsp3) is 0.300. The van der Waals surface area contributed by atoms with Crippen LogP contribution in [-0.4, -0.2) is 57.8 Å². The summed E-state index contributed by atoms with van der Waals surface area (Å²) in [6.07, 6.45) is 1.38. The van der Waals surface area contributed by atoms with Gasteiger partial charge in [-0.1, -0.05) is 38.1 Å². The second kappa shape index (κ2) is 10.6. The maximum atomic E-state index is 15.0.